The number of likely N-dealkylation sites (tertiary alicyclic amines) is 3. The maximum atomic E-state index is 14.1. The van der Waals surface area contributed by atoms with Crippen LogP contribution in [0.5, 0.6) is 0 Å². The van der Waals surface area contributed by atoms with Crippen LogP contribution in [0.2, 0.25) is 0 Å². The van der Waals surface area contributed by atoms with E-state index in [9.17, 15) is 4.79 Å². The Morgan fingerprint density at radius 2 is 1.49 bits per heavy atom. The quantitative estimate of drug-likeness (QED) is 0.274. The van der Waals surface area contributed by atoms with Gasteiger partial charge >= 0.3 is 0 Å². The van der Waals surface area contributed by atoms with Gasteiger partial charge in [0.15, 0.2) is 0 Å². The molecule has 0 radical (unpaired) electrons. The molecule has 1 spiro atoms. The Morgan fingerprint density at radius 1 is 0.867 bits per heavy atom. The lowest BCUT2D eigenvalue weighted by Gasteiger charge is -2.40. The molecule has 0 bridgehead atoms. The Kier molecular flexibility index (Phi) is 10.7. The van der Waals surface area contributed by atoms with E-state index < -0.39 is 0 Å². The van der Waals surface area contributed by atoms with Gasteiger partial charge < -0.3 is 24.7 Å². The number of nitrogens with zero attached hydrogens (tertiary/aromatic N) is 6. The fourth-order valence-electron chi connectivity index (χ4n) is 7.91. The van der Waals surface area contributed by atoms with E-state index in [1.165, 1.54) is 70.4 Å². The van der Waals surface area contributed by atoms with Crippen LogP contribution < -0.4 is 0 Å². The van der Waals surface area contributed by atoms with Crippen molar-refractivity contribution in [3.05, 3.63) is 71.8 Å². The molecule has 2 N–H and O–H groups in total. The minimum atomic E-state index is 0.123. The summed E-state index contributed by atoms with van der Waals surface area (Å²) >= 11 is 0. The van der Waals surface area contributed by atoms with Crippen LogP contribution in [0.3, 0.4) is 0 Å². The van der Waals surface area contributed by atoms with E-state index in [2.05, 4.69) is 77.6 Å². The smallest absolute Gasteiger partial charge is 0.253 e. The SMILES string of the molecule is CC(C)CN1CCC2(CC1)CCN(Cc1ccc(C(=O)N(CCN3CCCC3)CC(Cc3ncc[nH]3)Cc3ncc[nH]3)cc1)C2. The van der Waals surface area contributed by atoms with Crippen molar-refractivity contribution in [1.29, 1.82) is 0 Å². The molecule has 0 atom stereocenters. The third-order valence-corrected chi connectivity index (χ3v) is 10.4. The van der Waals surface area contributed by atoms with E-state index in [0.29, 0.717) is 12.0 Å². The Morgan fingerprint density at radius 3 is 2.07 bits per heavy atom. The van der Waals surface area contributed by atoms with Gasteiger partial charge in [-0.05, 0) is 99.8 Å². The summed E-state index contributed by atoms with van der Waals surface area (Å²) in [7, 11) is 0. The topological polar surface area (TPSA) is 87.4 Å². The second-order valence-electron chi connectivity index (χ2n) is 14.5. The second-order valence-corrected chi connectivity index (χ2v) is 14.5. The van der Waals surface area contributed by atoms with E-state index in [1.807, 2.05) is 12.4 Å². The van der Waals surface area contributed by atoms with Crippen LogP contribution in [-0.4, -0.2) is 111 Å². The first-order valence-electron chi connectivity index (χ1n) is 17.4. The van der Waals surface area contributed by atoms with E-state index in [1.54, 1.807) is 12.4 Å². The zero-order valence-electron chi connectivity index (χ0n) is 27.6. The molecule has 3 aliphatic heterocycles. The molecule has 45 heavy (non-hydrogen) atoms. The number of nitrogens with one attached hydrogen (secondary N) is 2. The standard InChI is InChI=1S/C36H54N8O/c1-29(2)25-42-18-9-36(10-19-42)11-20-43(28-36)26-30-5-7-32(8-6-30)35(45)44(22-21-41-16-3-4-17-41)27-31(23-33-37-12-13-38-33)24-34-39-14-15-40-34/h5-8,12-15,29,31H,3-4,9-11,16-28H2,1-2H3,(H,37,38)(H,39,40). The minimum Gasteiger partial charge on any atom is -0.349 e. The van der Waals surface area contributed by atoms with E-state index in [-0.39, 0.29) is 11.8 Å². The Bertz CT molecular complexity index is 1260. The van der Waals surface area contributed by atoms with Crippen LogP contribution in [0.1, 0.15) is 73.5 Å². The first-order valence-corrected chi connectivity index (χ1v) is 17.4. The number of imidazole rings is 2. The number of hydrogen-bond donors (Lipinski definition) is 2. The normalized spacial score (nSPS) is 19.4. The highest BCUT2D eigenvalue weighted by Gasteiger charge is 2.40. The van der Waals surface area contributed by atoms with Crippen molar-refractivity contribution in [2.24, 2.45) is 17.3 Å². The maximum Gasteiger partial charge on any atom is 0.253 e. The lowest BCUT2D eigenvalue weighted by atomic mass is 9.77. The number of hydrogen-bond acceptors (Lipinski definition) is 6. The molecule has 0 aliphatic carbocycles. The van der Waals surface area contributed by atoms with Gasteiger partial charge in [0.05, 0.1) is 0 Å². The van der Waals surface area contributed by atoms with Crippen LogP contribution in [0.4, 0.5) is 0 Å². The molecule has 9 heteroatoms. The summed E-state index contributed by atoms with van der Waals surface area (Å²) in [5.74, 6) is 2.97. The van der Waals surface area contributed by atoms with Gasteiger partial charge in [0.2, 0.25) is 0 Å². The summed E-state index contributed by atoms with van der Waals surface area (Å²) in [6.07, 6.45) is 15.4. The Hall–Kier alpha value is -3.01. The molecule has 1 aromatic carbocycles. The van der Waals surface area contributed by atoms with Gasteiger partial charge in [-0.15, -0.1) is 0 Å². The molecule has 1 amide bonds. The highest BCUT2D eigenvalue weighted by atomic mass is 16.2. The molecular formula is C36H54N8O. The van der Waals surface area contributed by atoms with E-state index in [4.69, 9.17) is 0 Å². The zero-order valence-corrected chi connectivity index (χ0v) is 27.6. The van der Waals surface area contributed by atoms with E-state index >= 15 is 0 Å². The molecule has 3 aliphatic rings. The van der Waals surface area contributed by atoms with Crippen molar-refractivity contribution >= 4 is 5.91 Å². The summed E-state index contributed by atoms with van der Waals surface area (Å²) in [6.45, 7) is 16.3. The first kappa shape index (κ1) is 32.0. The number of amides is 1. The van der Waals surface area contributed by atoms with Gasteiger partial charge in [0.25, 0.3) is 5.91 Å². The van der Waals surface area contributed by atoms with Crippen LogP contribution in [0.15, 0.2) is 49.1 Å². The number of benzene rings is 1. The van der Waals surface area contributed by atoms with Gasteiger partial charge in [-0.3, -0.25) is 9.69 Å². The monoisotopic (exact) mass is 614 g/mol. The predicted octanol–water partition coefficient (Wildman–Crippen LogP) is 4.72. The van der Waals surface area contributed by atoms with Crippen molar-refractivity contribution in [2.45, 2.75) is 65.3 Å². The van der Waals surface area contributed by atoms with Crippen LogP contribution >= 0.6 is 0 Å². The molecule has 3 saturated heterocycles. The summed E-state index contributed by atoms with van der Waals surface area (Å²) in [4.78, 5) is 39.5. The van der Waals surface area contributed by atoms with Crippen LogP contribution in [0, 0.1) is 17.3 Å². The lowest BCUT2D eigenvalue weighted by Crippen LogP contribution is -2.42. The molecule has 3 fully saturated rings. The number of rotatable bonds is 14. The van der Waals surface area contributed by atoms with Gasteiger partial charge in [-0.1, -0.05) is 26.0 Å². The molecular weight excluding hydrogens is 560 g/mol. The molecule has 9 nitrogen and oxygen atoms in total. The highest BCUT2D eigenvalue weighted by molar-refractivity contribution is 5.94. The van der Waals surface area contributed by atoms with Gasteiger partial charge in [0, 0.05) is 82.5 Å². The molecule has 244 valence electrons. The predicted molar refractivity (Wildman–Crippen MR) is 179 cm³/mol. The summed E-state index contributed by atoms with van der Waals surface area (Å²) in [5, 5.41) is 0. The average Bonchev–Trinajstić information content (AvgIpc) is 3.87. The first-order chi connectivity index (χ1) is 21.9. The Labute approximate surface area is 269 Å². The second kappa shape index (κ2) is 15.1. The fraction of sp³-hybridized carbons (Fsp3) is 0.639. The molecule has 3 aromatic rings. The van der Waals surface area contributed by atoms with Crippen molar-refractivity contribution in [2.75, 3.05) is 65.4 Å². The molecule has 2 aromatic heterocycles. The highest BCUT2D eigenvalue weighted by Crippen LogP contribution is 2.41. The number of aromatic amines is 2. The van der Waals surface area contributed by atoms with Crippen molar-refractivity contribution in [3.8, 4) is 0 Å². The molecule has 6 rings (SSSR count). The largest absolute Gasteiger partial charge is 0.349 e. The third kappa shape index (κ3) is 8.83. The minimum absolute atomic E-state index is 0.123. The van der Waals surface area contributed by atoms with Gasteiger partial charge in [-0.2, -0.15) is 0 Å². The van der Waals surface area contributed by atoms with Crippen molar-refractivity contribution in [1.82, 2.24) is 39.5 Å². The van der Waals surface area contributed by atoms with Crippen LogP contribution in [-0.2, 0) is 19.4 Å². The summed E-state index contributed by atoms with van der Waals surface area (Å²) in [5.41, 5.74) is 2.59. The number of carbonyl (C=O) groups is 1. The van der Waals surface area contributed by atoms with Crippen molar-refractivity contribution < 1.29 is 4.79 Å². The molecule has 5 heterocycles. The molecule has 0 saturated carbocycles. The van der Waals surface area contributed by atoms with Gasteiger partial charge in [0.1, 0.15) is 11.6 Å². The third-order valence-electron chi connectivity index (χ3n) is 10.4. The zero-order chi connectivity index (χ0) is 31.1. The number of aromatic nitrogens is 4. The van der Waals surface area contributed by atoms with E-state index in [0.717, 1.165) is 68.7 Å². The number of H-pyrrole nitrogens is 2. The van der Waals surface area contributed by atoms with Crippen LogP contribution in [0.25, 0.3) is 0 Å². The lowest BCUT2D eigenvalue weighted by molar-refractivity contribution is 0.0708. The number of carbonyl (C=O) groups excluding carboxylic acids is 1. The van der Waals surface area contributed by atoms with Gasteiger partial charge in [-0.25, -0.2) is 9.97 Å². The fourth-order valence-corrected chi connectivity index (χ4v) is 7.91. The molecule has 0 unspecified atom stereocenters. The average molecular weight is 615 g/mol. The number of piperidine rings is 1. The Balaban J connectivity index is 1.08. The summed E-state index contributed by atoms with van der Waals surface area (Å²) < 4.78 is 0. The maximum absolute atomic E-state index is 14.1. The van der Waals surface area contributed by atoms with Crippen molar-refractivity contribution in [3.63, 3.8) is 0 Å². The summed E-state index contributed by atoms with van der Waals surface area (Å²) in [6, 6.07) is 8.49.